The third kappa shape index (κ3) is 6.28. The second-order valence-corrected chi connectivity index (χ2v) is 8.09. The van der Waals surface area contributed by atoms with Gasteiger partial charge < -0.3 is 24.6 Å². The van der Waals surface area contributed by atoms with Crippen LogP contribution in [0.5, 0.6) is 11.6 Å². The van der Waals surface area contributed by atoms with Crippen LogP contribution in [-0.4, -0.2) is 83.6 Å². The lowest BCUT2D eigenvalue weighted by Gasteiger charge is -2.18. The van der Waals surface area contributed by atoms with Crippen molar-refractivity contribution in [1.29, 1.82) is 0 Å². The van der Waals surface area contributed by atoms with Gasteiger partial charge in [0.1, 0.15) is 6.61 Å². The number of nitrogens with one attached hydrogen (secondary N) is 1. The van der Waals surface area contributed by atoms with E-state index in [-0.39, 0.29) is 30.0 Å². The molecule has 0 radical (unpaired) electrons. The number of carbonyl (C=O) groups excluding carboxylic acids is 1. The summed E-state index contributed by atoms with van der Waals surface area (Å²) in [5.74, 6) is 0.883. The molecule has 3 rings (SSSR count). The highest BCUT2D eigenvalue weighted by Crippen LogP contribution is 2.29. The van der Waals surface area contributed by atoms with Gasteiger partial charge in [-0.15, -0.1) is 0 Å². The fourth-order valence-corrected chi connectivity index (χ4v) is 3.46. The molecule has 0 bridgehead atoms. The molecule has 1 atom stereocenters. The molecule has 1 saturated heterocycles. The van der Waals surface area contributed by atoms with Crippen LogP contribution in [0.2, 0.25) is 0 Å². The molecule has 1 amide bonds. The standard InChI is InChI=1S/C22H30N6O5/c1-5-32-20-15(2)13-23-22(25-20)24-17-8-9-27(14-17)21(29)16-6-7-18(28(30)31)19(12-16)33-11-10-26(3)4/h6-7,12-13,17H,5,8-11,14H2,1-4H3,(H,23,24,25)/t17-/m1/s1. The number of nitro groups is 1. The zero-order valence-corrected chi connectivity index (χ0v) is 19.4. The summed E-state index contributed by atoms with van der Waals surface area (Å²) in [4.78, 5) is 36.2. The molecule has 11 heteroatoms. The molecule has 0 saturated carbocycles. The van der Waals surface area contributed by atoms with Crippen molar-refractivity contribution in [3.63, 3.8) is 0 Å². The topological polar surface area (TPSA) is 123 Å². The zero-order chi connectivity index (χ0) is 24.0. The summed E-state index contributed by atoms with van der Waals surface area (Å²) in [7, 11) is 3.77. The number of rotatable bonds is 10. The number of ether oxygens (including phenoxy) is 2. The number of amides is 1. The van der Waals surface area contributed by atoms with E-state index in [9.17, 15) is 14.9 Å². The predicted octanol–water partition coefficient (Wildman–Crippen LogP) is 2.36. The lowest BCUT2D eigenvalue weighted by molar-refractivity contribution is -0.385. The number of anilines is 1. The maximum absolute atomic E-state index is 13.1. The van der Waals surface area contributed by atoms with E-state index < -0.39 is 4.92 Å². The first kappa shape index (κ1) is 24.2. The molecule has 1 N–H and O–H groups in total. The third-order valence-electron chi connectivity index (χ3n) is 5.21. The summed E-state index contributed by atoms with van der Waals surface area (Å²) in [5.41, 5.74) is 1.05. The van der Waals surface area contributed by atoms with Gasteiger partial charge in [0.25, 0.3) is 5.91 Å². The smallest absolute Gasteiger partial charge is 0.310 e. The normalized spacial score (nSPS) is 15.5. The Balaban J connectivity index is 1.66. The molecule has 1 aromatic carbocycles. The van der Waals surface area contributed by atoms with Gasteiger partial charge in [0.05, 0.1) is 11.5 Å². The monoisotopic (exact) mass is 458 g/mol. The molecule has 0 aliphatic carbocycles. The van der Waals surface area contributed by atoms with Crippen molar-refractivity contribution in [3.8, 4) is 11.6 Å². The highest BCUT2D eigenvalue weighted by molar-refractivity contribution is 5.95. The van der Waals surface area contributed by atoms with Crippen molar-refractivity contribution in [2.24, 2.45) is 0 Å². The van der Waals surface area contributed by atoms with Crippen molar-refractivity contribution in [2.45, 2.75) is 26.3 Å². The summed E-state index contributed by atoms with van der Waals surface area (Å²) in [5, 5.41) is 14.6. The number of likely N-dealkylation sites (tertiary alicyclic amines) is 1. The van der Waals surface area contributed by atoms with Crippen LogP contribution in [0, 0.1) is 17.0 Å². The van der Waals surface area contributed by atoms with Crippen LogP contribution in [0.3, 0.4) is 0 Å². The number of nitro benzene ring substituents is 1. The molecule has 1 fully saturated rings. The van der Waals surface area contributed by atoms with Crippen molar-refractivity contribution >= 4 is 17.5 Å². The van der Waals surface area contributed by atoms with Crippen molar-refractivity contribution in [2.75, 3.05) is 52.3 Å². The fourth-order valence-electron chi connectivity index (χ4n) is 3.46. The van der Waals surface area contributed by atoms with Crippen LogP contribution in [-0.2, 0) is 0 Å². The van der Waals surface area contributed by atoms with E-state index in [1.807, 2.05) is 32.8 Å². The predicted molar refractivity (Wildman–Crippen MR) is 123 cm³/mol. The van der Waals surface area contributed by atoms with Crippen LogP contribution >= 0.6 is 0 Å². The average molecular weight is 459 g/mol. The summed E-state index contributed by atoms with van der Waals surface area (Å²) in [6.07, 6.45) is 2.43. The van der Waals surface area contributed by atoms with E-state index in [0.29, 0.717) is 43.6 Å². The minimum atomic E-state index is -0.507. The Labute approximate surface area is 192 Å². The quantitative estimate of drug-likeness (QED) is 0.422. The molecule has 1 aliphatic heterocycles. The van der Waals surface area contributed by atoms with Crippen LogP contribution in [0.15, 0.2) is 24.4 Å². The number of nitrogens with zero attached hydrogens (tertiary/aromatic N) is 5. The Morgan fingerprint density at radius 2 is 2.15 bits per heavy atom. The summed E-state index contributed by atoms with van der Waals surface area (Å²) >= 11 is 0. The molecule has 1 aromatic heterocycles. The number of aromatic nitrogens is 2. The molecule has 33 heavy (non-hydrogen) atoms. The van der Waals surface area contributed by atoms with Gasteiger partial charge in [-0.05, 0) is 40.4 Å². The summed E-state index contributed by atoms with van der Waals surface area (Å²) in [6.45, 7) is 6.18. The lowest BCUT2D eigenvalue weighted by Crippen LogP contribution is -2.32. The van der Waals surface area contributed by atoms with Gasteiger partial charge in [0.15, 0.2) is 5.75 Å². The van der Waals surface area contributed by atoms with Gasteiger partial charge >= 0.3 is 5.69 Å². The fraction of sp³-hybridized carbons (Fsp3) is 0.500. The Hall–Kier alpha value is -3.47. The SMILES string of the molecule is CCOc1nc(N[C@@H]2CCN(C(=O)c3ccc([N+](=O)[O-])c(OCCN(C)C)c3)C2)ncc1C. The zero-order valence-electron chi connectivity index (χ0n) is 19.4. The molecule has 11 nitrogen and oxygen atoms in total. The highest BCUT2D eigenvalue weighted by Gasteiger charge is 2.29. The van der Waals surface area contributed by atoms with Crippen LogP contribution in [0.1, 0.15) is 29.3 Å². The minimum absolute atomic E-state index is 0.0139. The third-order valence-corrected chi connectivity index (χ3v) is 5.21. The number of hydrogen-bond donors (Lipinski definition) is 1. The number of aryl methyl sites for hydroxylation is 1. The Kier molecular flexibility index (Phi) is 7.99. The molecule has 178 valence electrons. The molecule has 0 spiro atoms. The van der Waals surface area contributed by atoms with Gasteiger partial charge in [0, 0.05) is 55.1 Å². The number of benzene rings is 1. The van der Waals surface area contributed by atoms with Crippen LogP contribution in [0.4, 0.5) is 11.6 Å². The number of hydrogen-bond acceptors (Lipinski definition) is 9. The Morgan fingerprint density at radius 3 is 2.85 bits per heavy atom. The van der Waals surface area contributed by atoms with E-state index in [2.05, 4.69) is 15.3 Å². The number of likely N-dealkylation sites (N-methyl/N-ethyl adjacent to an activating group) is 1. The highest BCUT2D eigenvalue weighted by atomic mass is 16.6. The van der Waals surface area contributed by atoms with Crippen LogP contribution in [0.25, 0.3) is 0 Å². The maximum atomic E-state index is 13.1. The first-order chi connectivity index (χ1) is 15.8. The molecule has 1 aliphatic rings. The van der Waals surface area contributed by atoms with Crippen molar-refractivity contribution in [1.82, 2.24) is 19.8 Å². The second-order valence-electron chi connectivity index (χ2n) is 8.09. The molecule has 2 aromatic rings. The summed E-state index contributed by atoms with van der Waals surface area (Å²) < 4.78 is 11.1. The van der Waals surface area contributed by atoms with E-state index in [4.69, 9.17) is 9.47 Å². The average Bonchev–Trinajstić information content (AvgIpc) is 3.23. The van der Waals surface area contributed by atoms with E-state index in [1.165, 1.54) is 18.2 Å². The first-order valence-corrected chi connectivity index (χ1v) is 10.9. The van der Waals surface area contributed by atoms with Crippen molar-refractivity contribution in [3.05, 3.63) is 45.6 Å². The van der Waals surface area contributed by atoms with E-state index >= 15 is 0 Å². The lowest BCUT2D eigenvalue weighted by atomic mass is 10.1. The van der Waals surface area contributed by atoms with Gasteiger partial charge in [-0.2, -0.15) is 4.98 Å². The summed E-state index contributed by atoms with van der Waals surface area (Å²) in [6, 6.07) is 4.23. The number of carbonyl (C=O) groups is 1. The minimum Gasteiger partial charge on any atom is -0.485 e. The van der Waals surface area contributed by atoms with Gasteiger partial charge in [-0.25, -0.2) is 4.98 Å². The Morgan fingerprint density at radius 1 is 1.36 bits per heavy atom. The Bertz CT molecular complexity index is 999. The molecule has 0 unspecified atom stereocenters. The van der Waals surface area contributed by atoms with Crippen molar-refractivity contribution < 1.29 is 19.2 Å². The van der Waals surface area contributed by atoms with Gasteiger partial charge in [-0.3, -0.25) is 14.9 Å². The van der Waals surface area contributed by atoms with Gasteiger partial charge in [-0.1, -0.05) is 0 Å². The maximum Gasteiger partial charge on any atom is 0.310 e. The van der Waals surface area contributed by atoms with Crippen LogP contribution < -0.4 is 14.8 Å². The second kappa shape index (κ2) is 10.9. The van der Waals surface area contributed by atoms with E-state index in [0.717, 1.165) is 12.0 Å². The van der Waals surface area contributed by atoms with E-state index in [1.54, 1.807) is 11.1 Å². The molecular weight excluding hydrogens is 428 g/mol. The molecular formula is C22H30N6O5. The molecule has 2 heterocycles. The largest absolute Gasteiger partial charge is 0.485 e. The first-order valence-electron chi connectivity index (χ1n) is 10.9. The van der Waals surface area contributed by atoms with Gasteiger partial charge in [0.2, 0.25) is 11.8 Å².